The minimum Gasteiger partial charge on any atom is -0.496 e. The molecule has 3 rings (SSSR count). The third-order valence-corrected chi connectivity index (χ3v) is 3.25. The lowest BCUT2D eigenvalue weighted by Crippen LogP contribution is -2.16. The van der Waals surface area contributed by atoms with Crippen LogP contribution < -0.4 is 10.1 Å². The van der Waals surface area contributed by atoms with Crippen molar-refractivity contribution in [1.29, 1.82) is 0 Å². The minimum absolute atomic E-state index is 0. The summed E-state index contributed by atoms with van der Waals surface area (Å²) in [6.07, 6.45) is 3.26. The summed E-state index contributed by atoms with van der Waals surface area (Å²) in [7, 11) is 1.68. The first-order valence-corrected chi connectivity index (χ1v) is 6.60. The van der Waals surface area contributed by atoms with Crippen LogP contribution in [0.15, 0.2) is 24.3 Å². The number of halogens is 1. The number of aromatic nitrogens is 3. The molecule has 0 radical (unpaired) electrons. The fourth-order valence-corrected chi connectivity index (χ4v) is 2.05. The molecule has 2 aromatic rings. The number of nitrogens with zero attached hydrogens (tertiary/aromatic N) is 2. The van der Waals surface area contributed by atoms with E-state index in [4.69, 9.17) is 4.74 Å². The van der Waals surface area contributed by atoms with E-state index in [1.54, 1.807) is 7.11 Å². The molecule has 0 saturated heterocycles. The highest BCUT2D eigenvalue weighted by atomic mass is 35.5. The summed E-state index contributed by atoms with van der Waals surface area (Å²) >= 11 is 0. The maximum Gasteiger partial charge on any atom is 0.164 e. The first-order chi connectivity index (χ1) is 9.35. The van der Waals surface area contributed by atoms with Gasteiger partial charge in [0, 0.05) is 18.0 Å². The third-order valence-electron chi connectivity index (χ3n) is 3.25. The average molecular weight is 295 g/mol. The predicted molar refractivity (Wildman–Crippen MR) is 79.3 cm³/mol. The molecule has 6 heteroatoms. The van der Waals surface area contributed by atoms with Crippen molar-refractivity contribution in [2.45, 2.75) is 31.8 Å². The summed E-state index contributed by atoms with van der Waals surface area (Å²) in [5, 5.41) is 10.6. The number of methoxy groups -OCH3 is 1. The Hall–Kier alpha value is -1.59. The zero-order valence-corrected chi connectivity index (χ0v) is 12.2. The summed E-state index contributed by atoms with van der Waals surface area (Å²) < 4.78 is 5.34. The summed E-state index contributed by atoms with van der Waals surface area (Å²) in [5.74, 6) is 2.59. The van der Waals surface area contributed by atoms with Gasteiger partial charge in [-0.2, -0.15) is 5.10 Å². The van der Waals surface area contributed by atoms with Crippen LogP contribution in [0.5, 0.6) is 5.75 Å². The Morgan fingerprint density at radius 2 is 2.15 bits per heavy atom. The predicted octanol–water partition coefficient (Wildman–Crippen LogP) is 2.08. The largest absolute Gasteiger partial charge is 0.496 e. The lowest BCUT2D eigenvalue weighted by atomic mass is 10.1. The SMILES string of the molecule is COc1ccccc1Cc1nc(CNC2CC2)n[nH]1.Cl. The van der Waals surface area contributed by atoms with Gasteiger partial charge in [0.1, 0.15) is 11.6 Å². The van der Waals surface area contributed by atoms with E-state index in [0.29, 0.717) is 12.5 Å². The Morgan fingerprint density at radius 3 is 2.90 bits per heavy atom. The first-order valence-electron chi connectivity index (χ1n) is 6.60. The van der Waals surface area contributed by atoms with Crippen LogP contribution in [0.25, 0.3) is 0 Å². The van der Waals surface area contributed by atoms with E-state index in [0.717, 1.165) is 29.5 Å². The number of benzene rings is 1. The quantitative estimate of drug-likeness (QED) is 0.856. The number of ether oxygens (including phenoxy) is 1. The molecule has 1 aliphatic rings. The molecule has 0 aliphatic heterocycles. The molecule has 1 heterocycles. The van der Waals surface area contributed by atoms with Crippen LogP contribution in [0.4, 0.5) is 0 Å². The van der Waals surface area contributed by atoms with Crippen molar-refractivity contribution in [2.75, 3.05) is 7.11 Å². The zero-order valence-electron chi connectivity index (χ0n) is 11.4. The summed E-state index contributed by atoms with van der Waals surface area (Å²) in [6, 6.07) is 8.65. The van der Waals surface area contributed by atoms with Gasteiger partial charge in [-0.15, -0.1) is 12.4 Å². The number of nitrogens with one attached hydrogen (secondary N) is 2. The second kappa shape index (κ2) is 6.72. The van der Waals surface area contributed by atoms with Crippen molar-refractivity contribution in [3.63, 3.8) is 0 Å². The van der Waals surface area contributed by atoms with E-state index in [-0.39, 0.29) is 12.4 Å². The van der Waals surface area contributed by atoms with Crippen LogP contribution >= 0.6 is 12.4 Å². The van der Waals surface area contributed by atoms with Gasteiger partial charge < -0.3 is 10.1 Å². The second-order valence-electron chi connectivity index (χ2n) is 4.84. The van der Waals surface area contributed by atoms with Crippen LogP contribution in [-0.2, 0) is 13.0 Å². The average Bonchev–Trinajstić information content (AvgIpc) is 3.17. The molecule has 1 saturated carbocycles. The lowest BCUT2D eigenvalue weighted by molar-refractivity contribution is 0.410. The zero-order chi connectivity index (χ0) is 13.1. The van der Waals surface area contributed by atoms with E-state index in [2.05, 4.69) is 20.5 Å². The molecule has 0 unspecified atom stereocenters. The van der Waals surface area contributed by atoms with Gasteiger partial charge in [0.2, 0.25) is 0 Å². The van der Waals surface area contributed by atoms with E-state index in [1.165, 1.54) is 12.8 Å². The van der Waals surface area contributed by atoms with Gasteiger partial charge in [-0.3, -0.25) is 5.10 Å². The van der Waals surface area contributed by atoms with Crippen LogP contribution in [0, 0.1) is 0 Å². The molecule has 0 amide bonds. The second-order valence-corrected chi connectivity index (χ2v) is 4.84. The van der Waals surface area contributed by atoms with Crippen molar-refractivity contribution in [3.05, 3.63) is 41.5 Å². The lowest BCUT2D eigenvalue weighted by Gasteiger charge is -2.05. The van der Waals surface area contributed by atoms with Crippen molar-refractivity contribution >= 4 is 12.4 Å². The Kier molecular flexibility index (Phi) is 4.98. The number of hydrogen-bond acceptors (Lipinski definition) is 4. The number of hydrogen-bond donors (Lipinski definition) is 2. The van der Waals surface area contributed by atoms with Gasteiger partial charge in [-0.05, 0) is 18.9 Å². The Bertz CT molecular complexity index is 554. The van der Waals surface area contributed by atoms with Gasteiger partial charge in [-0.1, -0.05) is 18.2 Å². The molecule has 108 valence electrons. The molecule has 1 aromatic carbocycles. The monoisotopic (exact) mass is 294 g/mol. The molecule has 20 heavy (non-hydrogen) atoms. The maximum atomic E-state index is 5.34. The molecule has 1 aliphatic carbocycles. The number of para-hydroxylation sites is 1. The van der Waals surface area contributed by atoms with E-state index in [9.17, 15) is 0 Å². The minimum atomic E-state index is 0. The molecule has 0 spiro atoms. The Morgan fingerprint density at radius 1 is 1.35 bits per heavy atom. The highest BCUT2D eigenvalue weighted by Gasteiger charge is 2.20. The van der Waals surface area contributed by atoms with Gasteiger partial charge >= 0.3 is 0 Å². The Labute approximate surface area is 124 Å². The fourth-order valence-electron chi connectivity index (χ4n) is 2.05. The summed E-state index contributed by atoms with van der Waals surface area (Å²) in [5.41, 5.74) is 1.11. The molecular weight excluding hydrogens is 276 g/mol. The van der Waals surface area contributed by atoms with E-state index in [1.807, 2.05) is 24.3 Å². The topological polar surface area (TPSA) is 62.8 Å². The van der Waals surface area contributed by atoms with Gasteiger partial charge in [0.25, 0.3) is 0 Å². The standard InChI is InChI=1S/C14H18N4O.ClH/c1-19-12-5-3-2-4-10(12)8-13-16-14(18-17-13)9-15-11-6-7-11;/h2-5,11,15H,6-9H2,1H3,(H,16,17,18);1H. The fraction of sp³-hybridized carbons (Fsp3) is 0.429. The summed E-state index contributed by atoms with van der Waals surface area (Å²) in [4.78, 5) is 4.50. The number of H-pyrrole nitrogens is 1. The molecular formula is C14H19ClN4O. The number of aromatic amines is 1. The van der Waals surface area contributed by atoms with Crippen molar-refractivity contribution < 1.29 is 4.74 Å². The highest BCUT2D eigenvalue weighted by Crippen LogP contribution is 2.20. The van der Waals surface area contributed by atoms with Gasteiger partial charge in [0.05, 0.1) is 13.7 Å². The van der Waals surface area contributed by atoms with E-state index < -0.39 is 0 Å². The molecule has 0 bridgehead atoms. The van der Waals surface area contributed by atoms with E-state index >= 15 is 0 Å². The van der Waals surface area contributed by atoms with Crippen LogP contribution in [0.2, 0.25) is 0 Å². The van der Waals surface area contributed by atoms with Crippen LogP contribution in [0.3, 0.4) is 0 Å². The third kappa shape index (κ3) is 3.71. The molecule has 2 N–H and O–H groups in total. The molecule has 5 nitrogen and oxygen atoms in total. The van der Waals surface area contributed by atoms with Crippen LogP contribution in [0.1, 0.15) is 30.1 Å². The molecule has 0 atom stereocenters. The first kappa shape index (κ1) is 14.8. The normalized spacial score (nSPS) is 13.8. The smallest absolute Gasteiger partial charge is 0.164 e. The summed E-state index contributed by atoms with van der Waals surface area (Å²) in [6.45, 7) is 0.743. The Balaban J connectivity index is 0.00000147. The molecule has 1 aromatic heterocycles. The van der Waals surface area contributed by atoms with Crippen molar-refractivity contribution in [1.82, 2.24) is 20.5 Å². The van der Waals surface area contributed by atoms with Crippen molar-refractivity contribution in [3.8, 4) is 5.75 Å². The van der Waals surface area contributed by atoms with Gasteiger partial charge in [0.15, 0.2) is 5.82 Å². The number of rotatable bonds is 6. The maximum absolute atomic E-state index is 5.34. The van der Waals surface area contributed by atoms with Gasteiger partial charge in [-0.25, -0.2) is 4.98 Å². The molecule has 1 fully saturated rings. The van der Waals surface area contributed by atoms with Crippen molar-refractivity contribution in [2.24, 2.45) is 0 Å². The van der Waals surface area contributed by atoms with Crippen LogP contribution in [-0.4, -0.2) is 28.3 Å². The highest BCUT2D eigenvalue weighted by molar-refractivity contribution is 5.85.